The lowest BCUT2D eigenvalue weighted by Crippen LogP contribution is -2.29. The highest BCUT2D eigenvalue weighted by Gasteiger charge is 2.38. The number of allylic oxidation sites excluding steroid dienone is 2. The molecule has 0 unspecified atom stereocenters. The normalized spacial score (nSPS) is 26.3. The van der Waals surface area contributed by atoms with Crippen molar-refractivity contribution in [3.8, 4) is 0 Å². The number of primary sulfonamides is 1. The number of thiophene rings is 1. The molecule has 1 aliphatic heterocycles. The number of sulfonamides is 1. The summed E-state index contributed by atoms with van der Waals surface area (Å²) in [5.74, 6) is 0.653. The van der Waals surface area contributed by atoms with E-state index in [0.29, 0.717) is 5.92 Å². The van der Waals surface area contributed by atoms with E-state index >= 15 is 0 Å². The van der Waals surface area contributed by atoms with Crippen LogP contribution in [0.5, 0.6) is 0 Å². The molecular formula is C16H16N2O2S2. The average Bonchev–Trinajstić information content (AvgIpc) is 3.16. The molecule has 6 heteroatoms. The summed E-state index contributed by atoms with van der Waals surface area (Å²) >= 11 is 1.70. The van der Waals surface area contributed by atoms with Crippen LogP contribution in [0.1, 0.15) is 29.5 Å². The maximum Gasteiger partial charge on any atom is 0.238 e. The van der Waals surface area contributed by atoms with Crippen LogP contribution in [-0.4, -0.2) is 8.42 Å². The third-order valence-electron chi connectivity index (χ3n) is 4.57. The van der Waals surface area contributed by atoms with E-state index in [9.17, 15) is 8.42 Å². The zero-order valence-corrected chi connectivity index (χ0v) is 13.4. The fourth-order valence-corrected chi connectivity index (χ4v) is 4.78. The van der Waals surface area contributed by atoms with E-state index in [2.05, 4.69) is 34.3 Å². The molecule has 2 aromatic rings. The lowest BCUT2D eigenvalue weighted by molar-refractivity contribution is 0.426. The molecule has 2 heterocycles. The monoisotopic (exact) mass is 332 g/mol. The van der Waals surface area contributed by atoms with E-state index < -0.39 is 10.0 Å². The molecule has 0 bridgehead atoms. The van der Waals surface area contributed by atoms with Crippen LogP contribution in [0, 0.1) is 5.92 Å². The first-order chi connectivity index (χ1) is 10.5. The first-order valence-corrected chi connectivity index (χ1v) is 9.65. The van der Waals surface area contributed by atoms with Gasteiger partial charge in [-0.25, -0.2) is 13.6 Å². The maximum atomic E-state index is 11.6. The van der Waals surface area contributed by atoms with Crippen LogP contribution in [0.25, 0.3) is 0 Å². The summed E-state index contributed by atoms with van der Waals surface area (Å²) < 4.78 is 23.2. The molecule has 4 rings (SSSR count). The third kappa shape index (κ3) is 2.18. The van der Waals surface area contributed by atoms with Gasteiger partial charge in [-0.1, -0.05) is 12.2 Å². The van der Waals surface area contributed by atoms with Crippen molar-refractivity contribution in [1.82, 2.24) is 0 Å². The van der Waals surface area contributed by atoms with E-state index in [1.165, 1.54) is 5.56 Å². The molecular weight excluding hydrogens is 316 g/mol. The summed E-state index contributed by atoms with van der Waals surface area (Å²) in [5.41, 5.74) is 3.32. The zero-order chi connectivity index (χ0) is 15.3. The molecule has 4 nitrogen and oxygen atoms in total. The number of fused-ring (bicyclic) bond motifs is 3. The largest absolute Gasteiger partial charge is 0.378 e. The molecule has 0 radical (unpaired) electrons. The Bertz CT molecular complexity index is 841. The molecule has 22 heavy (non-hydrogen) atoms. The van der Waals surface area contributed by atoms with Gasteiger partial charge in [0.2, 0.25) is 10.0 Å². The summed E-state index contributed by atoms with van der Waals surface area (Å²) in [6.07, 6.45) is 5.38. The summed E-state index contributed by atoms with van der Waals surface area (Å²) in [4.78, 5) is 0.182. The predicted molar refractivity (Wildman–Crippen MR) is 88.5 cm³/mol. The van der Waals surface area contributed by atoms with Gasteiger partial charge in [-0.3, -0.25) is 0 Å². The van der Waals surface area contributed by atoms with E-state index in [1.807, 2.05) is 6.07 Å². The molecule has 2 aliphatic rings. The predicted octanol–water partition coefficient (Wildman–Crippen LogP) is 3.22. The van der Waals surface area contributed by atoms with Gasteiger partial charge in [0.1, 0.15) is 0 Å². The second kappa shape index (κ2) is 4.94. The van der Waals surface area contributed by atoms with Gasteiger partial charge in [0.15, 0.2) is 0 Å². The van der Waals surface area contributed by atoms with Crippen molar-refractivity contribution >= 4 is 27.0 Å². The fraction of sp³-hybridized carbons (Fsp3) is 0.250. The van der Waals surface area contributed by atoms with Gasteiger partial charge in [0, 0.05) is 11.6 Å². The number of hydrogen-bond acceptors (Lipinski definition) is 4. The SMILES string of the molecule is NS(=O)(=O)c1ccc2c(c1)[C@H]1C=CC[C@H]1[C@@H](c1ccsc1)N2. The van der Waals surface area contributed by atoms with Crippen LogP contribution in [-0.2, 0) is 10.0 Å². The van der Waals surface area contributed by atoms with Crippen LogP contribution in [0.15, 0.2) is 52.1 Å². The lowest BCUT2D eigenvalue weighted by atomic mass is 9.77. The Morgan fingerprint density at radius 1 is 1.27 bits per heavy atom. The minimum absolute atomic E-state index is 0.182. The first kappa shape index (κ1) is 14.0. The van der Waals surface area contributed by atoms with Crippen LogP contribution in [0.4, 0.5) is 5.69 Å². The van der Waals surface area contributed by atoms with Crippen molar-refractivity contribution < 1.29 is 8.42 Å². The summed E-state index contributed by atoms with van der Waals surface area (Å²) in [5, 5.41) is 13.1. The van der Waals surface area contributed by atoms with Crippen molar-refractivity contribution in [2.75, 3.05) is 5.32 Å². The van der Waals surface area contributed by atoms with Crippen molar-refractivity contribution in [3.05, 3.63) is 58.3 Å². The summed E-state index contributed by atoms with van der Waals surface area (Å²) in [7, 11) is -3.67. The second-order valence-corrected chi connectivity index (χ2v) is 8.17. The molecule has 0 fully saturated rings. The van der Waals surface area contributed by atoms with Crippen LogP contribution >= 0.6 is 11.3 Å². The molecule has 1 aliphatic carbocycles. The Labute approximate surface area is 133 Å². The number of benzene rings is 1. The van der Waals surface area contributed by atoms with Gasteiger partial charge < -0.3 is 5.32 Å². The van der Waals surface area contributed by atoms with E-state index in [4.69, 9.17) is 5.14 Å². The zero-order valence-electron chi connectivity index (χ0n) is 11.8. The summed E-state index contributed by atoms with van der Waals surface area (Å²) in [6.45, 7) is 0. The van der Waals surface area contributed by atoms with Crippen molar-refractivity contribution in [2.45, 2.75) is 23.3 Å². The molecule has 3 N–H and O–H groups in total. The van der Waals surface area contributed by atoms with Crippen LogP contribution in [0.3, 0.4) is 0 Å². The molecule has 3 atom stereocenters. The Balaban J connectivity index is 1.82. The van der Waals surface area contributed by atoms with Crippen molar-refractivity contribution in [3.63, 3.8) is 0 Å². The Morgan fingerprint density at radius 2 is 2.14 bits per heavy atom. The number of nitrogens with two attached hydrogens (primary N) is 1. The molecule has 0 saturated heterocycles. The average molecular weight is 332 g/mol. The smallest absolute Gasteiger partial charge is 0.238 e. The molecule has 1 aromatic heterocycles. The lowest BCUT2D eigenvalue weighted by Gasteiger charge is -2.37. The molecule has 114 valence electrons. The fourth-order valence-electron chi connectivity index (χ4n) is 3.53. The van der Waals surface area contributed by atoms with Gasteiger partial charge in [0.05, 0.1) is 10.9 Å². The van der Waals surface area contributed by atoms with Gasteiger partial charge in [-0.2, -0.15) is 11.3 Å². The third-order valence-corrected chi connectivity index (χ3v) is 6.18. The van der Waals surface area contributed by atoms with Crippen molar-refractivity contribution in [1.29, 1.82) is 0 Å². The molecule has 0 amide bonds. The molecule has 1 aromatic carbocycles. The topological polar surface area (TPSA) is 72.2 Å². The van der Waals surface area contributed by atoms with Crippen LogP contribution in [0.2, 0.25) is 0 Å². The molecule has 0 spiro atoms. The molecule has 0 saturated carbocycles. The maximum absolute atomic E-state index is 11.6. The van der Waals surface area contributed by atoms with Gasteiger partial charge in [-0.15, -0.1) is 0 Å². The van der Waals surface area contributed by atoms with E-state index in [1.54, 1.807) is 23.5 Å². The summed E-state index contributed by atoms with van der Waals surface area (Å²) in [6, 6.07) is 7.54. The highest BCUT2D eigenvalue weighted by molar-refractivity contribution is 7.89. The highest BCUT2D eigenvalue weighted by atomic mass is 32.2. The first-order valence-electron chi connectivity index (χ1n) is 7.16. The highest BCUT2D eigenvalue weighted by Crippen LogP contribution is 2.50. The standard InChI is InChI=1S/C16H16N2O2S2/c17-22(19,20)11-4-5-15-14(8-11)12-2-1-3-13(12)16(18-15)10-6-7-21-9-10/h1-2,4-9,12-13,16,18H,3H2,(H2,17,19,20)/t12-,13+,16+/m0/s1. The van der Waals surface area contributed by atoms with Gasteiger partial charge in [-0.05, 0) is 58.5 Å². The minimum Gasteiger partial charge on any atom is -0.378 e. The Morgan fingerprint density at radius 3 is 2.86 bits per heavy atom. The van der Waals surface area contributed by atoms with Crippen LogP contribution < -0.4 is 10.5 Å². The Kier molecular flexibility index (Phi) is 3.14. The van der Waals surface area contributed by atoms with Gasteiger partial charge >= 0.3 is 0 Å². The van der Waals surface area contributed by atoms with E-state index in [0.717, 1.165) is 17.7 Å². The van der Waals surface area contributed by atoms with Crippen molar-refractivity contribution in [2.24, 2.45) is 11.1 Å². The van der Waals surface area contributed by atoms with E-state index in [-0.39, 0.29) is 16.9 Å². The minimum atomic E-state index is -3.67. The van der Waals surface area contributed by atoms with Gasteiger partial charge in [0.25, 0.3) is 0 Å². The number of nitrogens with one attached hydrogen (secondary N) is 1. The number of hydrogen-bond donors (Lipinski definition) is 2. The number of rotatable bonds is 2. The number of anilines is 1. The Hall–Kier alpha value is -1.63. The quantitative estimate of drug-likeness (QED) is 0.829. The second-order valence-electron chi connectivity index (χ2n) is 5.83.